The number of hydrogen-bond acceptors (Lipinski definition) is 5. The molecule has 0 atom stereocenters. The molecule has 6 heteroatoms. The molecule has 26 heavy (non-hydrogen) atoms. The summed E-state index contributed by atoms with van der Waals surface area (Å²) in [6, 6.07) is 11.5. The fourth-order valence-corrected chi connectivity index (χ4v) is 2.79. The van der Waals surface area contributed by atoms with Crippen molar-refractivity contribution in [2.75, 3.05) is 32.1 Å². The van der Waals surface area contributed by atoms with E-state index in [-0.39, 0.29) is 5.91 Å². The van der Waals surface area contributed by atoms with E-state index in [1.54, 1.807) is 19.2 Å². The third kappa shape index (κ3) is 5.44. The topological polar surface area (TPSA) is 67.4 Å². The van der Waals surface area contributed by atoms with Gasteiger partial charge >= 0.3 is 0 Å². The van der Waals surface area contributed by atoms with Crippen molar-refractivity contribution in [1.29, 1.82) is 0 Å². The number of aromatic nitrogens is 2. The Bertz CT molecular complexity index is 682. The van der Waals surface area contributed by atoms with Crippen molar-refractivity contribution in [3.63, 3.8) is 0 Å². The number of ether oxygens (including phenoxy) is 1. The maximum atomic E-state index is 12.5. The zero-order chi connectivity index (χ0) is 18.8. The van der Waals surface area contributed by atoms with Crippen molar-refractivity contribution < 1.29 is 9.53 Å². The first kappa shape index (κ1) is 19.7. The molecule has 1 heterocycles. The van der Waals surface area contributed by atoms with Crippen LogP contribution in [0.25, 0.3) is 0 Å². The van der Waals surface area contributed by atoms with Crippen LogP contribution < -0.4 is 10.1 Å². The minimum Gasteiger partial charge on any atom is -0.496 e. The number of carbonyl (C=O) groups is 1. The van der Waals surface area contributed by atoms with Gasteiger partial charge in [0.25, 0.3) is 5.91 Å². The number of hydrogen-bond donors (Lipinski definition) is 1. The van der Waals surface area contributed by atoms with Gasteiger partial charge in [0.2, 0.25) is 0 Å². The van der Waals surface area contributed by atoms with Crippen LogP contribution in [0.4, 0.5) is 5.82 Å². The quantitative estimate of drug-likeness (QED) is 0.707. The van der Waals surface area contributed by atoms with Gasteiger partial charge in [0.1, 0.15) is 11.6 Å². The number of methoxy groups -OCH3 is 1. The molecule has 0 saturated heterocycles. The molecule has 0 bridgehead atoms. The minimum absolute atomic E-state index is 0.0539. The van der Waals surface area contributed by atoms with Crippen LogP contribution in [0.1, 0.15) is 42.7 Å². The Hall–Kier alpha value is -2.63. The molecular formula is C20H28N4O2. The smallest absolute Gasteiger partial charge is 0.274 e. The summed E-state index contributed by atoms with van der Waals surface area (Å²) in [5, 5.41) is 11.5. The molecule has 0 radical (unpaired) electrons. The van der Waals surface area contributed by atoms with Crippen molar-refractivity contribution in [3.05, 3.63) is 47.7 Å². The van der Waals surface area contributed by atoms with Gasteiger partial charge < -0.3 is 15.0 Å². The van der Waals surface area contributed by atoms with Crippen LogP contribution in [0.15, 0.2) is 36.4 Å². The highest BCUT2D eigenvalue weighted by Gasteiger charge is 2.16. The van der Waals surface area contributed by atoms with E-state index < -0.39 is 0 Å². The van der Waals surface area contributed by atoms with Gasteiger partial charge in [-0.3, -0.25) is 4.79 Å². The van der Waals surface area contributed by atoms with Crippen molar-refractivity contribution in [1.82, 2.24) is 15.1 Å². The molecule has 0 saturated carbocycles. The molecule has 6 nitrogen and oxygen atoms in total. The first-order valence-corrected chi connectivity index (χ1v) is 9.18. The molecule has 2 rings (SSSR count). The van der Waals surface area contributed by atoms with Gasteiger partial charge in [-0.25, -0.2) is 0 Å². The number of para-hydroxylation sites is 1. The maximum absolute atomic E-state index is 12.5. The van der Waals surface area contributed by atoms with E-state index in [9.17, 15) is 4.79 Å². The van der Waals surface area contributed by atoms with E-state index in [2.05, 4.69) is 29.4 Å². The molecule has 140 valence electrons. The third-order valence-electron chi connectivity index (χ3n) is 4.05. The Morgan fingerprint density at radius 2 is 1.81 bits per heavy atom. The number of benzene rings is 1. The van der Waals surface area contributed by atoms with Crippen LogP contribution in [0, 0.1) is 0 Å². The summed E-state index contributed by atoms with van der Waals surface area (Å²) < 4.78 is 5.35. The summed E-state index contributed by atoms with van der Waals surface area (Å²) in [5.41, 5.74) is 1.53. The lowest BCUT2D eigenvalue weighted by Gasteiger charge is -2.20. The molecule has 1 aromatic carbocycles. The van der Waals surface area contributed by atoms with Gasteiger partial charge in [0.15, 0.2) is 5.69 Å². The second kappa shape index (κ2) is 10.4. The van der Waals surface area contributed by atoms with E-state index in [0.29, 0.717) is 18.1 Å². The monoisotopic (exact) mass is 356 g/mol. The minimum atomic E-state index is -0.0539. The van der Waals surface area contributed by atoms with Gasteiger partial charge in [-0.2, -0.15) is 0 Å². The highest BCUT2D eigenvalue weighted by Crippen LogP contribution is 2.17. The molecule has 1 N–H and O–H groups in total. The Labute approximate surface area is 155 Å². The first-order chi connectivity index (χ1) is 12.7. The van der Waals surface area contributed by atoms with Gasteiger partial charge in [0.05, 0.1) is 7.11 Å². The van der Waals surface area contributed by atoms with Gasteiger partial charge in [-0.05, 0) is 43.0 Å². The summed E-state index contributed by atoms with van der Waals surface area (Å²) in [6.45, 7) is 6.33. The number of nitrogens with one attached hydrogen (secondary N) is 1. The maximum Gasteiger partial charge on any atom is 0.274 e. The predicted molar refractivity (Wildman–Crippen MR) is 104 cm³/mol. The molecule has 0 aliphatic carbocycles. The largest absolute Gasteiger partial charge is 0.496 e. The summed E-state index contributed by atoms with van der Waals surface area (Å²) in [5.74, 6) is 1.49. The van der Waals surface area contributed by atoms with E-state index in [1.165, 1.54) is 0 Å². The molecule has 1 amide bonds. The van der Waals surface area contributed by atoms with Crippen LogP contribution in [-0.4, -0.2) is 47.7 Å². The van der Waals surface area contributed by atoms with Crippen LogP contribution in [-0.2, 0) is 6.42 Å². The second-order valence-electron chi connectivity index (χ2n) is 6.08. The summed E-state index contributed by atoms with van der Waals surface area (Å²) >= 11 is 0. The molecule has 0 spiro atoms. The number of anilines is 1. The lowest BCUT2D eigenvalue weighted by Crippen LogP contribution is -2.33. The summed E-state index contributed by atoms with van der Waals surface area (Å²) in [7, 11) is 1.67. The highest BCUT2D eigenvalue weighted by molar-refractivity contribution is 5.92. The fourth-order valence-electron chi connectivity index (χ4n) is 2.79. The molecule has 0 unspecified atom stereocenters. The van der Waals surface area contributed by atoms with Crippen molar-refractivity contribution in [2.24, 2.45) is 0 Å². The molecule has 2 aromatic rings. The number of amides is 1. The zero-order valence-corrected chi connectivity index (χ0v) is 15.9. The summed E-state index contributed by atoms with van der Waals surface area (Å²) in [6.07, 6.45) is 2.68. The standard InChI is InChI=1S/C20H28N4O2/c1-4-14-24(15-5-2)20(25)17-10-11-19(23-22-17)21-13-12-16-8-6-7-9-18(16)26-3/h6-11H,4-5,12-15H2,1-3H3,(H,21,23). The SMILES string of the molecule is CCCN(CCC)C(=O)c1ccc(NCCc2ccccc2OC)nn1. The van der Waals surface area contributed by atoms with E-state index >= 15 is 0 Å². The van der Waals surface area contributed by atoms with Crippen LogP contribution >= 0.6 is 0 Å². The molecule has 0 fully saturated rings. The first-order valence-electron chi connectivity index (χ1n) is 9.18. The van der Waals surface area contributed by atoms with E-state index in [1.807, 2.05) is 29.2 Å². The lowest BCUT2D eigenvalue weighted by atomic mass is 10.1. The van der Waals surface area contributed by atoms with Crippen molar-refractivity contribution in [3.8, 4) is 5.75 Å². The van der Waals surface area contributed by atoms with E-state index in [0.717, 1.165) is 43.7 Å². The Morgan fingerprint density at radius 3 is 2.42 bits per heavy atom. The third-order valence-corrected chi connectivity index (χ3v) is 4.05. The second-order valence-corrected chi connectivity index (χ2v) is 6.08. The van der Waals surface area contributed by atoms with Gasteiger partial charge in [-0.15, -0.1) is 10.2 Å². The molecule has 0 aliphatic heterocycles. The van der Waals surface area contributed by atoms with Crippen LogP contribution in [0.2, 0.25) is 0 Å². The highest BCUT2D eigenvalue weighted by atomic mass is 16.5. The van der Waals surface area contributed by atoms with Gasteiger partial charge in [-0.1, -0.05) is 32.0 Å². The normalized spacial score (nSPS) is 10.4. The predicted octanol–water partition coefficient (Wildman–Crippen LogP) is 3.40. The lowest BCUT2D eigenvalue weighted by molar-refractivity contribution is 0.0748. The zero-order valence-electron chi connectivity index (χ0n) is 15.9. The van der Waals surface area contributed by atoms with Crippen LogP contribution in [0.5, 0.6) is 5.75 Å². The number of carbonyl (C=O) groups excluding carboxylic acids is 1. The van der Waals surface area contributed by atoms with E-state index in [4.69, 9.17) is 4.74 Å². The van der Waals surface area contributed by atoms with Crippen molar-refractivity contribution >= 4 is 11.7 Å². The van der Waals surface area contributed by atoms with Gasteiger partial charge in [0, 0.05) is 19.6 Å². The Balaban J connectivity index is 1.91. The van der Waals surface area contributed by atoms with Crippen molar-refractivity contribution in [2.45, 2.75) is 33.1 Å². The van der Waals surface area contributed by atoms with Crippen LogP contribution in [0.3, 0.4) is 0 Å². The molecular weight excluding hydrogens is 328 g/mol. The number of rotatable bonds is 10. The summed E-state index contributed by atoms with van der Waals surface area (Å²) in [4.78, 5) is 14.3. The average molecular weight is 356 g/mol. The number of nitrogens with zero attached hydrogens (tertiary/aromatic N) is 3. The Kier molecular flexibility index (Phi) is 7.86. The Morgan fingerprint density at radius 1 is 1.08 bits per heavy atom. The molecule has 1 aromatic heterocycles. The average Bonchev–Trinajstić information content (AvgIpc) is 2.68. The fraction of sp³-hybridized carbons (Fsp3) is 0.450. The molecule has 0 aliphatic rings.